The molecule has 118 valence electrons. The molecule has 1 aromatic carbocycles. The van der Waals surface area contributed by atoms with Gasteiger partial charge in [0.25, 0.3) is 0 Å². The van der Waals surface area contributed by atoms with Crippen LogP contribution in [0.1, 0.15) is 38.2 Å². The Morgan fingerprint density at radius 1 is 1.18 bits per heavy atom. The molecule has 1 aromatic rings. The Morgan fingerprint density at radius 2 is 1.77 bits per heavy atom. The standard InChI is InChI=1S/C18H19BrF2O/c1-13(19)16(14-5-3-2-4-6-14)7-8-17(22)15-9-11-18(20,21)12-10-15/h2-8,15H,9-12H2,1H3/b8-7+,16-13-. The molecule has 1 aliphatic carbocycles. The number of carbonyl (C=O) groups excluding carboxylic acids is 1. The summed E-state index contributed by atoms with van der Waals surface area (Å²) in [6.07, 6.45) is 3.48. The van der Waals surface area contributed by atoms with E-state index in [2.05, 4.69) is 15.9 Å². The van der Waals surface area contributed by atoms with Crippen molar-refractivity contribution >= 4 is 27.3 Å². The third-order valence-corrected chi connectivity index (χ3v) is 4.42. The predicted molar refractivity (Wildman–Crippen MR) is 89.0 cm³/mol. The predicted octanol–water partition coefficient (Wildman–Crippen LogP) is 5.76. The van der Waals surface area contributed by atoms with Crippen molar-refractivity contribution in [1.29, 1.82) is 0 Å². The van der Waals surface area contributed by atoms with E-state index in [0.29, 0.717) is 0 Å². The maximum atomic E-state index is 13.1. The third-order valence-electron chi connectivity index (χ3n) is 3.99. The van der Waals surface area contributed by atoms with Crippen LogP contribution in [0.4, 0.5) is 8.78 Å². The van der Waals surface area contributed by atoms with Gasteiger partial charge < -0.3 is 0 Å². The summed E-state index contributed by atoms with van der Waals surface area (Å²) in [5.41, 5.74) is 1.94. The second-order valence-corrected chi connectivity index (χ2v) is 6.87. The number of halogens is 3. The molecule has 0 unspecified atom stereocenters. The van der Waals surface area contributed by atoms with E-state index in [4.69, 9.17) is 0 Å². The first kappa shape index (κ1) is 17.1. The number of hydrogen-bond acceptors (Lipinski definition) is 1. The highest BCUT2D eigenvalue weighted by Crippen LogP contribution is 2.36. The minimum Gasteiger partial charge on any atom is -0.295 e. The maximum Gasteiger partial charge on any atom is 0.248 e. The molecule has 0 radical (unpaired) electrons. The van der Waals surface area contributed by atoms with Gasteiger partial charge in [0.1, 0.15) is 0 Å². The van der Waals surface area contributed by atoms with Gasteiger partial charge in [-0.1, -0.05) is 52.3 Å². The van der Waals surface area contributed by atoms with Crippen LogP contribution in [0.25, 0.3) is 5.57 Å². The van der Waals surface area contributed by atoms with E-state index in [1.165, 1.54) is 6.08 Å². The van der Waals surface area contributed by atoms with Crippen molar-refractivity contribution in [2.45, 2.75) is 38.5 Å². The summed E-state index contributed by atoms with van der Waals surface area (Å²) in [7, 11) is 0. The van der Waals surface area contributed by atoms with Crippen LogP contribution in [0.3, 0.4) is 0 Å². The van der Waals surface area contributed by atoms with Crippen molar-refractivity contribution in [3.05, 3.63) is 52.5 Å². The van der Waals surface area contributed by atoms with E-state index < -0.39 is 5.92 Å². The molecule has 2 rings (SSSR count). The lowest BCUT2D eigenvalue weighted by molar-refractivity contribution is -0.122. The van der Waals surface area contributed by atoms with Crippen molar-refractivity contribution < 1.29 is 13.6 Å². The minimum atomic E-state index is -2.60. The average Bonchev–Trinajstić information content (AvgIpc) is 2.48. The molecule has 22 heavy (non-hydrogen) atoms. The highest BCUT2D eigenvalue weighted by atomic mass is 79.9. The number of rotatable bonds is 4. The molecule has 0 N–H and O–H groups in total. The average molecular weight is 369 g/mol. The van der Waals surface area contributed by atoms with Gasteiger partial charge in [0.2, 0.25) is 5.92 Å². The molecule has 0 amide bonds. The molecule has 0 bridgehead atoms. The van der Waals surface area contributed by atoms with Gasteiger partial charge in [-0.05, 0) is 41.5 Å². The van der Waals surface area contributed by atoms with Gasteiger partial charge in [0.15, 0.2) is 5.78 Å². The zero-order valence-corrected chi connectivity index (χ0v) is 14.1. The summed E-state index contributed by atoms with van der Waals surface area (Å²) in [5, 5.41) is 0. The van der Waals surface area contributed by atoms with E-state index in [1.807, 2.05) is 37.3 Å². The van der Waals surface area contributed by atoms with Crippen LogP contribution in [0.15, 0.2) is 47.0 Å². The zero-order valence-electron chi connectivity index (χ0n) is 12.5. The summed E-state index contributed by atoms with van der Waals surface area (Å²) in [4.78, 5) is 12.2. The number of alkyl halides is 2. The Kier molecular flexibility index (Phi) is 5.68. The largest absolute Gasteiger partial charge is 0.295 e. The van der Waals surface area contributed by atoms with Gasteiger partial charge >= 0.3 is 0 Å². The Labute approximate surface area is 138 Å². The van der Waals surface area contributed by atoms with Crippen LogP contribution in [0.2, 0.25) is 0 Å². The molecule has 1 aliphatic rings. The fraction of sp³-hybridized carbons (Fsp3) is 0.389. The van der Waals surface area contributed by atoms with Gasteiger partial charge in [-0.3, -0.25) is 4.79 Å². The van der Waals surface area contributed by atoms with Crippen LogP contribution < -0.4 is 0 Å². The first-order valence-corrected chi connectivity index (χ1v) is 8.20. The Morgan fingerprint density at radius 3 is 2.32 bits per heavy atom. The second-order valence-electron chi connectivity index (χ2n) is 5.68. The summed E-state index contributed by atoms with van der Waals surface area (Å²) < 4.78 is 27.2. The number of hydrogen-bond donors (Lipinski definition) is 0. The molecular formula is C18H19BrF2O. The molecule has 0 aliphatic heterocycles. The lowest BCUT2D eigenvalue weighted by atomic mass is 9.84. The summed E-state index contributed by atoms with van der Waals surface area (Å²) in [6, 6.07) is 9.74. The van der Waals surface area contributed by atoms with Crippen LogP contribution >= 0.6 is 15.9 Å². The van der Waals surface area contributed by atoms with E-state index >= 15 is 0 Å². The minimum absolute atomic E-state index is 0.0577. The Hall–Kier alpha value is -1.29. The van der Waals surface area contributed by atoms with Crippen molar-refractivity contribution in [3.63, 3.8) is 0 Å². The zero-order chi connectivity index (χ0) is 16.2. The van der Waals surface area contributed by atoms with Gasteiger partial charge in [-0.15, -0.1) is 0 Å². The molecule has 4 heteroatoms. The molecule has 1 fully saturated rings. The first-order chi connectivity index (χ1) is 10.4. The van der Waals surface area contributed by atoms with E-state index in [-0.39, 0.29) is 37.4 Å². The number of ketones is 1. The number of carbonyl (C=O) groups is 1. The lowest BCUT2D eigenvalue weighted by Crippen LogP contribution is -2.27. The SMILES string of the molecule is C/C(Br)=C(\C=C\C(=O)C1CCC(F)(F)CC1)c1ccccc1. The van der Waals surface area contributed by atoms with Crippen molar-refractivity contribution in [2.24, 2.45) is 5.92 Å². The molecule has 0 aromatic heterocycles. The number of benzene rings is 1. The Bertz CT molecular complexity index is 576. The molecule has 0 spiro atoms. The maximum absolute atomic E-state index is 13.1. The smallest absolute Gasteiger partial charge is 0.248 e. The highest BCUT2D eigenvalue weighted by molar-refractivity contribution is 9.11. The normalized spacial score (nSPS) is 20.0. The second kappa shape index (κ2) is 7.32. The molecule has 1 nitrogen and oxygen atoms in total. The van der Waals surface area contributed by atoms with Crippen LogP contribution in [-0.4, -0.2) is 11.7 Å². The monoisotopic (exact) mass is 368 g/mol. The lowest BCUT2D eigenvalue weighted by Gasteiger charge is -2.26. The van der Waals surface area contributed by atoms with Crippen LogP contribution in [-0.2, 0) is 4.79 Å². The van der Waals surface area contributed by atoms with Gasteiger partial charge in [-0.25, -0.2) is 8.78 Å². The highest BCUT2D eigenvalue weighted by Gasteiger charge is 2.36. The third kappa shape index (κ3) is 4.60. The molecule has 0 heterocycles. The van der Waals surface area contributed by atoms with Crippen LogP contribution in [0, 0.1) is 5.92 Å². The van der Waals surface area contributed by atoms with E-state index in [0.717, 1.165) is 15.6 Å². The quantitative estimate of drug-likeness (QED) is 0.487. The van der Waals surface area contributed by atoms with E-state index in [9.17, 15) is 13.6 Å². The molecule has 1 saturated carbocycles. The van der Waals surface area contributed by atoms with Crippen molar-refractivity contribution in [1.82, 2.24) is 0 Å². The summed E-state index contributed by atoms with van der Waals surface area (Å²) in [6.45, 7) is 1.91. The molecule has 0 saturated heterocycles. The molecular weight excluding hydrogens is 350 g/mol. The van der Waals surface area contributed by atoms with Gasteiger partial charge in [0, 0.05) is 18.8 Å². The number of allylic oxidation sites excluding steroid dienone is 4. The molecule has 0 atom stereocenters. The van der Waals surface area contributed by atoms with Gasteiger partial charge in [-0.2, -0.15) is 0 Å². The summed E-state index contributed by atoms with van der Waals surface area (Å²) >= 11 is 3.46. The van der Waals surface area contributed by atoms with Crippen molar-refractivity contribution in [3.8, 4) is 0 Å². The fourth-order valence-corrected chi connectivity index (χ4v) is 3.01. The van der Waals surface area contributed by atoms with Crippen molar-refractivity contribution in [2.75, 3.05) is 0 Å². The van der Waals surface area contributed by atoms with Gasteiger partial charge in [0.05, 0.1) is 0 Å². The summed E-state index contributed by atoms with van der Waals surface area (Å²) in [5.74, 6) is -2.93. The van der Waals surface area contributed by atoms with Crippen LogP contribution in [0.5, 0.6) is 0 Å². The topological polar surface area (TPSA) is 17.1 Å². The first-order valence-electron chi connectivity index (χ1n) is 7.40. The fourth-order valence-electron chi connectivity index (χ4n) is 2.65. The van der Waals surface area contributed by atoms with E-state index in [1.54, 1.807) is 6.08 Å². The Balaban J connectivity index is 2.07.